The molecular formula is C19H21N4O3+. The minimum absolute atomic E-state index is 0.132. The highest BCUT2D eigenvalue weighted by Gasteiger charge is 2.14. The molecule has 7 nitrogen and oxygen atoms in total. The van der Waals surface area contributed by atoms with Crippen LogP contribution in [0.2, 0.25) is 0 Å². The Labute approximate surface area is 152 Å². The Balaban J connectivity index is 1.80. The van der Waals surface area contributed by atoms with Gasteiger partial charge in [0.25, 0.3) is 11.8 Å². The maximum atomic E-state index is 12.1. The summed E-state index contributed by atoms with van der Waals surface area (Å²) >= 11 is 0. The van der Waals surface area contributed by atoms with Crippen LogP contribution in [0.4, 0.5) is 11.4 Å². The molecule has 2 amide bonds. The Morgan fingerprint density at radius 1 is 1.04 bits per heavy atom. The van der Waals surface area contributed by atoms with E-state index in [1.54, 1.807) is 62.7 Å². The number of rotatable bonds is 7. The van der Waals surface area contributed by atoms with Crippen molar-refractivity contribution in [2.24, 2.45) is 0 Å². The van der Waals surface area contributed by atoms with Gasteiger partial charge in [-0.15, -0.1) is 0 Å². The van der Waals surface area contributed by atoms with Crippen LogP contribution in [0.5, 0.6) is 5.75 Å². The first kappa shape index (κ1) is 19.0. The standard InChI is InChI=1S/C19H20N4O3/c1-23(12-18(24)21-15-6-8-17(26-2)9-7-15)13-19(25)22-16-5-3-4-14(10-16)11-20/h3-10H,12-13H2,1-2H3,(H,21,24)(H,22,25)/p+1. The topological polar surface area (TPSA) is 95.7 Å². The molecule has 2 aromatic carbocycles. The van der Waals surface area contributed by atoms with Gasteiger partial charge in [-0.05, 0) is 42.5 Å². The van der Waals surface area contributed by atoms with E-state index in [0.29, 0.717) is 22.7 Å². The lowest BCUT2D eigenvalue weighted by Gasteiger charge is -2.14. The number of anilines is 2. The Morgan fingerprint density at radius 2 is 1.65 bits per heavy atom. The van der Waals surface area contributed by atoms with Crippen LogP contribution in [0.1, 0.15) is 5.56 Å². The van der Waals surface area contributed by atoms with Gasteiger partial charge in [0.1, 0.15) is 5.75 Å². The number of nitriles is 1. The van der Waals surface area contributed by atoms with Crippen LogP contribution >= 0.6 is 0 Å². The molecule has 0 fully saturated rings. The van der Waals surface area contributed by atoms with Crippen LogP contribution in [0, 0.1) is 11.3 Å². The molecule has 0 saturated heterocycles. The Hall–Kier alpha value is -3.37. The fraction of sp³-hybridized carbons (Fsp3) is 0.211. The maximum absolute atomic E-state index is 12.1. The van der Waals surface area contributed by atoms with E-state index in [-0.39, 0.29) is 24.9 Å². The molecule has 0 spiro atoms. The summed E-state index contributed by atoms with van der Waals surface area (Å²) in [6.45, 7) is 0.282. The summed E-state index contributed by atoms with van der Waals surface area (Å²) in [6.07, 6.45) is 0. The fourth-order valence-electron chi connectivity index (χ4n) is 2.36. The van der Waals surface area contributed by atoms with Crippen molar-refractivity contribution in [3.8, 4) is 11.8 Å². The average molecular weight is 353 g/mol. The molecule has 3 N–H and O–H groups in total. The van der Waals surface area contributed by atoms with E-state index in [1.165, 1.54) is 0 Å². The van der Waals surface area contributed by atoms with Crippen LogP contribution in [-0.4, -0.2) is 39.1 Å². The first-order valence-electron chi connectivity index (χ1n) is 8.05. The lowest BCUT2D eigenvalue weighted by Crippen LogP contribution is -3.11. The first-order valence-corrected chi connectivity index (χ1v) is 8.05. The smallest absolute Gasteiger partial charge is 0.279 e. The molecule has 0 aliphatic carbocycles. The van der Waals surface area contributed by atoms with E-state index < -0.39 is 0 Å². The Bertz CT molecular complexity index is 812. The first-order chi connectivity index (χ1) is 12.5. The molecule has 1 atom stereocenters. The molecule has 2 aromatic rings. The highest BCUT2D eigenvalue weighted by atomic mass is 16.5. The summed E-state index contributed by atoms with van der Waals surface area (Å²) in [5, 5.41) is 14.4. The van der Waals surface area contributed by atoms with Crippen LogP contribution < -0.4 is 20.3 Å². The maximum Gasteiger partial charge on any atom is 0.279 e. The molecule has 0 aliphatic rings. The number of nitrogens with zero attached hydrogens (tertiary/aromatic N) is 1. The molecule has 2 rings (SSSR count). The minimum Gasteiger partial charge on any atom is -0.497 e. The van der Waals surface area contributed by atoms with Gasteiger partial charge in [0, 0.05) is 11.4 Å². The number of quaternary nitrogens is 1. The normalized spacial score (nSPS) is 11.1. The third-order valence-corrected chi connectivity index (χ3v) is 3.57. The van der Waals surface area contributed by atoms with Gasteiger partial charge in [-0.2, -0.15) is 5.26 Å². The molecule has 0 aromatic heterocycles. The molecule has 134 valence electrons. The van der Waals surface area contributed by atoms with Gasteiger partial charge in [0.15, 0.2) is 13.1 Å². The second-order valence-electron chi connectivity index (χ2n) is 5.83. The molecule has 7 heteroatoms. The Morgan fingerprint density at radius 3 is 2.23 bits per heavy atom. The van der Waals surface area contributed by atoms with Gasteiger partial charge in [-0.3, -0.25) is 9.59 Å². The predicted molar refractivity (Wildman–Crippen MR) is 98.0 cm³/mol. The van der Waals surface area contributed by atoms with Gasteiger partial charge < -0.3 is 20.3 Å². The van der Waals surface area contributed by atoms with Crippen molar-refractivity contribution in [1.29, 1.82) is 5.26 Å². The zero-order valence-electron chi connectivity index (χ0n) is 14.7. The van der Waals surface area contributed by atoms with Crippen LogP contribution in [0.3, 0.4) is 0 Å². The molecule has 0 saturated carbocycles. The SMILES string of the molecule is COc1ccc(NC(=O)C[NH+](C)CC(=O)Nc2cccc(C#N)c2)cc1. The lowest BCUT2D eigenvalue weighted by atomic mass is 10.2. The van der Waals surface area contributed by atoms with Gasteiger partial charge in [-0.1, -0.05) is 6.07 Å². The largest absolute Gasteiger partial charge is 0.497 e. The van der Waals surface area contributed by atoms with Crippen molar-refractivity contribution in [2.75, 3.05) is 37.9 Å². The van der Waals surface area contributed by atoms with Crippen molar-refractivity contribution >= 4 is 23.2 Å². The fourth-order valence-corrected chi connectivity index (χ4v) is 2.36. The zero-order valence-corrected chi connectivity index (χ0v) is 14.7. The van der Waals surface area contributed by atoms with Gasteiger partial charge >= 0.3 is 0 Å². The van der Waals surface area contributed by atoms with Crippen LogP contribution in [-0.2, 0) is 9.59 Å². The zero-order chi connectivity index (χ0) is 18.9. The predicted octanol–water partition coefficient (Wildman–Crippen LogP) is 0.659. The third kappa shape index (κ3) is 5.92. The number of ether oxygens (including phenoxy) is 1. The molecular weight excluding hydrogens is 332 g/mol. The average Bonchev–Trinajstić information content (AvgIpc) is 2.62. The number of benzene rings is 2. The number of carbonyl (C=O) groups excluding carboxylic acids is 2. The second-order valence-corrected chi connectivity index (χ2v) is 5.83. The van der Waals surface area contributed by atoms with Crippen molar-refractivity contribution in [3.63, 3.8) is 0 Å². The van der Waals surface area contributed by atoms with Crippen LogP contribution in [0.15, 0.2) is 48.5 Å². The van der Waals surface area contributed by atoms with E-state index in [9.17, 15) is 9.59 Å². The number of hydrogen-bond donors (Lipinski definition) is 3. The summed E-state index contributed by atoms with van der Waals surface area (Å²) in [4.78, 5) is 24.9. The van der Waals surface area contributed by atoms with Crippen molar-refractivity contribution < 1.29 is 19.2 Å². The van der Waals surface area contributed by atoms with Gasteiger partial charge in [0.2, 0.25) is 0 Å². The molecule has 0 aliphatic heterocycles. The number of amides is 2. The van der Waals surface area contributed by atoms with Crippen molar-refractivity contribution in [2.45, 2.75) is 0 Å². The summed E-state index contributed by atoms with van der Waals surface area (Å²) < 4.78 is 5.07. The summed E-state index contributed by atoms with van der Waals surface area (Å²) in [6, 6.07) is 15.7. The minimum atomic E-state index is -0.227. The van der Waals surface area contributed by atoms with Crippen molar-refractivity contribution in [1.82, 2.24) is 0 Å². The molecule has 26 heavy (non-hydrogen) atoms. The van der Waals surface area contributed by atoms with E-state index in [0.717, 1.165) is 4.90 Å². The van der Waals surface area contributed by atoms with Crippen molar-refractivity contribution in [3.05, 3.63) is 54.1 Å². The van der Waals surface area contributed by atoms with E-state index in [2.05, 4.69) is 10.6 Å². The molecule has 0 bridgehead atoms. The highest BCUT2D eigenvalue weighted by molar-refractivity contribution is 5.93. The quantitative estimate of drug-likeness (QED) is 0.681. The number of nitrogens with one attached hydrogen (secondary N) is 3. The summed E-state index contributed by atoms with van der Waals surface area (Å²) in [5.41, 5.74) is 1.70. The van der Waals surface area contributed by atoms with E-state index in [1.807, 2.05) is 6.07 Å². The number of likely N-dealkylation sites (N-methyl/N-ethyl adjacent to an activating group) is 1. The molecule has 0 heterocycles. The molecule has 0 radical (unpaired) electrons. The third-order valence-electron chi connectivity index (χ3n) is 3.57. The highest BCUT2D eigenvalue weighted by Crippen LogP contribution is 2.14. The lowest BCUT2D eigenvalue weighted by molar-refractivity contribution is -0.862. The Kier molecular flexibility index (Phi) is 6.71. The summed E-state index contributed by atoms with van der Waals surface area (Å²) in [7, 11) is 3.34. The molecule has 1 unspecified atom stereocenters. The van der Waals surface area contributed by atoms with E-state index >= 15 is 0 Å². The second kappa shape index (κ2) is 9.20. The monoisotopic (exact) mass is 353 g/mol. The van der Waals surface area contributed by atoms with Gasteiger partial charge in [0.05, 0.1) is 25.8 Å². The summed E-state index contributed by atoms with van der Waals surface area (Å²) in [5.74, 6) is 0.296. The van der Waals surface area contributed by atoms with Gasteiger partial charge in [-0.25, -0.2) is 0 Å². The number of carbonyl (C=O) groups is 2. The van der Waals surface area contributed by atoms with E-state index in [4.69, 9.17) is 10.00 Å². The number of methoxy groups -OCH3 is 1. The van der Waals surface area contributed by atoms with Crippen LogP contribution in [0.25, 0.3) is 0 Å². The number of hydrogen-bond acceptors (Lipinski definition) is 4.